The Bertz CT molecular complexity index is 458. The van der Waals surface area contributed by atoms with Gasteiger partial charge in [0.2, 0.25) is 0 Å². The second-order valence-electron chi connectivity index (χ2n) is 4.33. The predicted molar refractivity (Wildman–Crippen MR) is 70.1 cm³/mol. The van der Waals surface area contributed by atoms with Gasteiger partial charge in [-0.15, -0.1) is 12.4 Å². The van der Waals surface area contributed by atoms with Gasteiger partial charge in [-0.3, -0.25) is 0 Å². The molecule has 0 bridgehead atoms. The topological polar surface area (TPSA) is 27.8 Å². The van der Waals surface area contributed by atoms with Gasteiger partial charge in [0.15, 0.2) is 0 Å². The van der Waals surface area contributed by atoms with Crippen molar-refractivity contribution in [1.29, 1.82) is 0 Å². The highest BCUT2D eigenvalue weighted by Crippen LogP contribution is 2.25. The summed E-state index contributed by atoms with van der Waals surface area (Å²) >= 11 is 0. The third-order valence-electron chi connectivity index (χ3n) is 3.29. The second kappa shape index (κ2) is 4.89. The number of benzene rings is 1. The summed E-state index contributed by atoms with van der Waals surface area (Å²) in [6, 6.07) is 9.41. The Morgan fingerprint density at radius 2 is 2.06 bits per heavy atom. The maximum Gasteiger partial charge on any atom is 0.0457 e. The average Bonchev–Trinajstić information content (AvgIpc) is 2.77. The molecule has 0 unspecified atom stereocenters. The lowest BCUT2D eigenvalue weighted by molar-refractivity contribution is 0.412. The van der Waals surface area contributed by atoms with Crippen molar-refractivity contribution < 1.29 is 0 Å². The highest BCUT2D eigenvalue weighted by Gasteiger charge is 2.14. The van der Waals surface area contributed by atoms with Crippen molar-refractivity contribution in [3.05, 3.63) is 36.0 Å². The number of H-pyrrole nitrogens is 1. The van der Waals surface area contributed by atoms with E-state index in [1.54, 1.807) is 0 Å². The van der Waals surface area contributed by atoms with E-state index in [1.165, 1.54) is 35.7 Å². The molecule has 16 heavy (non-hydrogen) atoms. The van der Waals surface area contributed by atoms with Crippen molar-refractivity contribution in [1.82, 2.24) is 10.3 Å². The van der Waals surface area contributed by atoms with Crippen molar-refractivity contribution in [2.24, 2.45) is 0 Å². The number of fused-ring (bicyclic) bond motifs is 1. The van der Waals surface area contributed by atoms with E-state index in [4.69, 9.17) is 0 Å². The Morgan fingerprint density at radius 3 is 2.88 bits per heavy atom. The Kier molecular flexibility index (Phi) is 3.52. The number of nitrogens with one attached hydrogen (secondary N) is 2. The van der Waals surface area contributed by atoms with Crippen molar-refractivity contribution in [3.8, 4) is 0 Å². The monoisotopic (exact) mass is 236 g/mol. The number of halogens is 1. The summed E-state index contributed by atoms with van der Waals surface area (Å²) < 4.78 is 0. The fourth-order valence-electron chi connectivity index (χ4n) is 2.42. The van der Waals surface area contributed by atoms with Crippen LogP contribution in [-0.4, -0.2) is 11.5 Å². The van der Waals surface area contributed by atoms with Crippen molar-refractivity contribution in [2.45, 2.75) is 25.3 Å². The molecular weight excluding hydrogens is 220 g/mol. The fraction of sp³-hybridized carbons (Fsp3) is 0.385. The van der Waals surface area contributed by atoms with Crippen LogP contribution >= 0.6 is 12.4 Å². The van der Waals surface area contributed by atoms with Crippen LogP contribution in [0.25, 0.3) is 10.9 Å². The van der Waals surface area contributed by atoms with Gasteiger partial charge in [-0.2, -0.15) is 0 Å². The zero-order valence-corrected chi connectivity index (χ0v) is 10.0. The van der Waals surface area contributed by atoms with E-state index in [0.29, 0.717) is 6.04 Å². The minimum Gasteiger partial charge on any atom is -0.361 e. The number of aromatic nitrogens is 1. The normalized spacial score (nSPS) is 20.6. The van der Waals surface area contributed by atoms with Gasteiger partial charge in [-0.1, -0.05) is 18.6 Å². The summed E-state index contributed by atoms with van der Waals surface area (Å²) in [6.45, 7) is 1.16. The van der Waals surface area contributed by atoms with Crippen molar-refractivity contribution in [3.63, 3.8) is 0 Å². The molecule has 86 valence electrons. The molecule has 1 saturated heterocycles. The molecule has 0 amide bonds. The first kappa shape index (κ1) is 11.5. The number of hydrogen-bond acceptors (Lipinski definition) is 1. The molecule has 1 aromatic heterocycles. The molecule has 3 rings (SSSR count). The van der Waals surface area contributed by atoms with E-state index in [0.717, 1.165) is 6.54 Å². The van der Waals surface area contributed by atoms with Crippen LogP contribution in [0.2, 0.25) is 0 Å². The summed E-state index contributed by atoms with van der Waals surface area (Å²) in [7, 11) is 0. The number of rotatable bonds is 1. The van der Waals surface area contributed by atoms with Gasteiger partial charge in [-0.25, -0.2) is 0 Å². The molecule has 3 heteroatoms. The molecule has 1 aliphatic heterocycles. The summed E-state index contributed by atoms with van der Waals surface area (Å²) in [6.07, 6.45) is 5.94. The molecule has 1 fully saturated rings. The molecular formula is C13H17ClN2. The third kappa shape index (κ3) is 2.08. The molecule has 2 N–H and O–H groups in total. The zero-order valence-electron chi connectivity index (χ0n) is 9.20. The van der Waals surface area contributed by atoms with E-state index in [2.05, 4.69) is 34.6 Å². The lowest BCUT2D eigenvalue weighted by Crippen LogP contribution is -2.26. The van der Waals surface area contributed by atoms with E-state index >= 15 is 0 Å². The summed E-state index contributed by atoms with van der Waals surface area (Å²) in [5.41, 5.74) is 2.67. The average molecular weight is 237 g/mol. The fourth-order valence-corrected chi connectivity index (χ4v) is 2.42. The van der Waals surface area contributed by atoms with Gasteiger partial charge < -0.3 is 10.3 Å². The van der Waals surface area contributed by atoms with E-state index in [-0.39, 0.29) is 12.4 Å². The standard InChI is InChI=1S/C13H16N2.ClH/c1-2-7-14-12(3-1)11-5-4-10-6-8-15-13(10)9-11;/h4-6,8-9,12,14-15H,1-3,7H2;1H/t12-;/m1./s1. The Labute approximate surface area is 102 Å². The zero-order chi connectivity index (χ0) is 10.1. The Morgan fingerprint density at radius 1 is 1.12 bits per heavy atom. The number of hydrogen-bond donors (Lipinski definition) is 2. The van der Waals surface area contributed by atoms with Crippen molar-refractivity contribution in [2.75, 3.05) is 6.54 Å². The lowest BCUT2D eigenvalue weighted by Gasteiger charge is -2.23. The van der Waals surface area contributed by atoms with Crippen LogP contribution in [0.15, 0.2) is 30.5 Å². The largest absolute Gasteiger partial charge is 0.361 e. The molecule has 1 aliphatic rings. The number of aromatic amines is 1. The Hall–Kier alpha value is -0.990. The van der Waals surface area contributed by atoms with Gasteiger partial charge in [0.1, 0.15) is 0 Å². The highest BCUT2D eigenvalue weighted by atomic mass is 35.5. The van der Waals surface area contributed by atoms with Gasteiger partial charge in [-0.05, 0) is 42.5 Å². The van der Waals surface area contributed by atoms with Crippen LogP contribution in [0.5, 0.6) is 0 Å². The number of piperidine rings is 1. The summed E-state index contributed by atoms with van der Waals surface area (Å²) in [5, 5.41) is 4.88. The van der Waals surface area contributed by atoms with Gasteiger partial charge in [0.05, 0.1) is 0 Å². The SMILES string of the molecule is Cl.c1cc2ccc([C@H]3CCCCN3)cc2[nH]1. The molecule has 0 aliphatic carbocycles. The summed E-state index contributed by atoms with van der Waals surface area (Å²) in [4.78, 5) is 3.27. The molecule has 1 atom stereocenters. The Balaban J connectivity index is 0.000000963. The second-order valence-corrected chi connectivity index (χ2v) is 4.33. The molecule has 1 aromatic carbocycles. The first-order chi connectivity index (χ1) is 7.43. The molecule has 2 nitrogen and oxygen atoms in total. The maximum absolute atomic E-state index is 3.58. The van der Waals surface area contributed by atoms with Crippen LogP contribution in [0.4, 0.5) is 0 Å². The smallest absolute Gasteiger partial charge is 0.0457 e. The van der Waals surface area contributed by atoms with Crippen LogP contribution < -0.4 is 5.32 Å². The van der Waals surface area contributed by atoms with Gasteiger partial charge >= 0.3 is 0 Å². The molecule has 0 radical (unpaired) electrons. The first-order valence-corrected chi connectivity index (χ1v) is 5.74. The van der Waals surface area contributed by atoms with Gasteiger partial charge in [0, 0.05) is 17.8 Å². The first-order valence-electron chi connectivity index (χ1n) is 5.74. The maximum atomic E-state index is 3.58. The van der Waals surface area contributed by atoms with E-state index < -0.39 is 0 Å². The quantitative estimate of drug-likeness (QED) is 0.781. The molecule has 2 heterocycles. The lowest BCUT2D eigenvalue weighted by atomic mass is 9.97. The van der Waals surface area contributed by atoms with Gasteiger partial charge in [0.25, 0.3) is 0 Å². The molecule has 0 saturated carbocycles. The highest BCUT2D eigenvalue weighted by molar-refractivity contribution is 5.85. The third-order valence-corrected chi connectivity index (χ3v) is 3.29. The predicted octanol–water partition coefficient (Wildman–Crippen LogP) is 3.40. The van der Waals surface area contributed by atoms with E-state index in [1.807, 2.05) is 6.20 Å². The van der Waals surface area contributed by atoms with E-state index in [9.17, 15) is 0 Å². The minimum atomic E-state index is 0. The van der Waals surface area contributed by atoms with Crippen LogP contribution in [0.1, 0.15) is 30.9 Å². The molecule has 2 aromatic rings. The van der Waals surface area contributed by atoms with Crippen molar-refractivity contribution >= 4 is 23.3 Å². The minimum absolute atomic E-state index is 0. The van der Waals surface area contributed by atoms with Crippen LogP contribution in [0.3, 0.4) is 0 Å². The summed E-state index contributed by atoms with van der Waals surface area (Å²) in [5.74, 6) is 0. The van der Waals surface area contributed by atoms with Crippen LogP contribution in [-0.2, 0) is 0 Å². The molecule has 0 spiro atoms. The van der Waals surface area contributed by atoms with Crippen LogP contribution in [0, 0.1) is 0 Å².